The van der Waals surface area contributed by atoms with Crippen molar-refractivity contribution in [2.45, 2.75) is 10.8 Å². The molecule has 0 saturated heterocycles. The van der Waals surface area contributed by atoms with Crippen molar-refractivity contribution in [1.82, 2.24) is 15.6 Å². The van der Waals surface area contributed by atoms with E-state index in [2.05, 4.69) is 20.6 Å². The van der Waals surface area contributed by atoms with Crippen LogP contribution in [-0.2, 0) is 0 Å². The number of aliphatic imine (C=N–C) groups is 1. The lowest BCUT2D eigenvalue weighted by molar-refractivity contribution is 0.304. The Morgan fingerprint density at radius 2 is 2.12 bits per heavy atom. The highest BCUT2D eigenvalue weighted by Crippen LogP contribution is 2.20. The molecule has 5 nitrogen and oxygen atoms in total. The molecule has 1 aromatic heterocycles. The van der Waals surface area contributed by atoms with Crippen LogP contribution in [0.1, 0.15) is 6.42 Å². The molecule has 0 aliphatic rings. The Morgan fingerprint density at radius 1 is 1.31 bits per heavy atom. The predicted molar refractivity (Wildman–Crippen MR) is 114 cm³/mol. The predicted octanol–water partition coefficient (Wildman–Crippen LogP) is 3.77. The average Bonchev–Trinajstić information content (AvgIpc) is 3.11. The van der Waals surface area contributed by atoms with Gasteiger partial charge >= 0.3 is 0 Å². The van der Waals surface area contributed by atoms with E-state index in [1.54, 1.807) is 36.3 Å². The maximum absolute atomic E-state index is 13.4. The van der Waals surface area contributed by atoms with Gasteiger partial charge in [0.2, 0.25) is 0 Å². The topological polar surface area (TPSA) is 58.5 Å². The maximum atomic E-state index is 13.4. The molecule has 0 aliphatic heterocycles. The number of halogens is 3. The van der Waals surface area contributed by atoms with Crippen molar-refractivity contribution in [3.8, 4) is 5.75 Å². The first-order valence-electron chi connectivity index (χ1n) is 7.73. The second kappa shape index (κ2) is 13.1. The summed E-state index contributed by atoms with van der Waals surface area (Å²) in [6, 6.07) is 3.24. The normalized spacial score (nSPS) is 11.0. The molecular weight excluding hydrogens is 493 g/mol. The van der Waals surface area contributed by atoms with Crippen LogP contribution in [0.25, 0.3) is 0 Å². The first-order chi connectivity index (χ1) is 12.2. The summed E-state index contributed by atoms with van der Waals surface area (Å²) in [6.45, 7) is 1.47. The van der Waals surface area contributed by atoms with Gasteiger partial charge in [-0.25, -0.2) is 13.8 Å². The number of thioether (sulfide) groups is 1. The second-order valence-electron chi connectivity index (χ2n) is 4.85. The zero-order valence-electron chi connectivity index (χ0n) is 14.2. The summed E-state index contributed by atoms with van der Waals surface area (Å²) in [6.07, 6.45) is 2.78. The molecule has 2 N–H and O–H groups in total. The number of guanidine groups is 1. The van der Waals surface area contributed by atoms with Crippen LogP contribution in [0.2, 0.25) is 0 Å². The highest BCUT2D eigenvalue weighted by atomic mass is 127. The van der Waals surface area contributed by atoms with Crippen molar-refractivity contribution in [1.29, 1.82) is 0 Å². The number of ether oxygens (including phenoxy) is 1. The Balaban J connectivity index is 0.00000338. The number of hydrogen-bond donors (Lipinski definition) is 2. The summed E-state index contributed by atoms with van der Waals surface area (Å²) in [5.41, 5.74) is 0. The molecule has 0 unspecified atom stereocenters. The fourth-order valence-electron chi connectivity index (χ4n) is 1.86. The van der Waals surface area contributed by atoms with E-state index in [9.17, 15) is 8.78 Å². The van der Waals surface area contributed by atoms with Gasteiger partial charge in [-0.3, -0.25) is 4.99 Å². The van der Waals surface area contributed by atoms with E-state index >= 15 is 0 Å². The summed E-state index contributed by atoms with van der Waals surface area (Å²) >= 11 is 3.37. The highest BCUT2D eigenvalue weighted by Gasteiger charge is 2.04. The fraction of sp³-hybridized carbons (Fsp3) is 0.375. The third-order valence-corrected chi connectivity index (χ3v) is 5.07. The van der Waals surface area contributed by atoms with E-state index in [0.29, 0.717) is 12.5 Å². The average molecular weight is 514 g/mol. The zero-order chi connectivity index (χ0) is 17.9. The van der Waals surface area contributed by atoms with E-state index in [4.69, 9.17) is 4.74 Å². The van der Waals surface area contributed by atoms with Crippen molar-refractivity contribution in [2.24, 2.45) is 4.99 Å². The summed E-state index contributed by atoms with van der Waals surface area (Å²) in [4.78, 5) is 8.32. The van der Waals surface area contributed by atoms with Crippen LogP contribution < -0.4 is 15.4 Å². The minimum atomic E-state index is -0.708. The van der Waals surface area contributed by atoms with Gasteiger partial charge < -0.3 is 15.4 Å². The Kier molecular flexibility index (Phi) is 11.5. The van der Waals surface area contributed by atoms with Gasteiger partial charge in [0.25, 0.3) is 0 Å². The first-order valence-corrected chi connectivity index (χ1v) is 9.60. The minimum Gasteiger partial charge on any atom is -0.489 e. The van der Waals surface area contributed by atoms with Gasteiger partial charge in [0.05, 0.1) is 6.54 Å². The largest absolute Gasteiger partial charge is 0.489 e. The van der Waals surface area contributed by atoms with Crippen LogP contribution in [0, 0.1) is 11.6 Å². The van der Waals surface area contributed by atoms with E-state index in [0.717, 1.165) is 35.2 Å². The second-order valence-corrected chi connectivity index (χ2v) is 7.09. The monoisotopic (exact) mass is 514 g/mol. The third-order valence-electron chi connectivity index (χ3n) is 3.02. The molecule has 0 spiro atoms. The maximum Gasteiger partial charge on any atom is 0.191 e. The summed E-state index contributed by atoms with van der Waals surface area (Å²) in [5, 5.41) is 8.24. The fourth-order valence-corrected chi connectivity index (χ4v) is 3.51. The number of rotatable bonds is 9. The van der Waals surface area contributed by atoms with Crippen molar-refractivity contribution in [3.05, 3.63) is 41.4 Å². The quantitative estimate of drug-likeness (QED) is 0.176. The number of nitrogens with zero attached hydrogens (tertiary/aromatic N) is 2. The lowest BCUT2D eigenvalue weighted by Crippen LogP contribution is -2.39. The Hall–Kier alpha value is -1.14. The Bertz CT molecular complexity index is 674. The number of thiazole rings is 1. The van der Waals surface area contributed by atoms with Crippen LogP contribution in [-0.4, -0.2) is 43.4 Å². The highest BCUT2D eigenvalue weighted by molar-refractivity contribution is 14.0. The van der Waals surface area contributed by atoms with Crippen LogP contribution in [0.3, 0.4) is 0 Å². The molecule has 10 heteroatoms. The number of aromatic nitrogens is 1. The van der Waals surface area contributed by atoms with E-state index in [1.165, 1.54) is 6.07 Å². The SMILES string of the molecule is CN=C(NCCCSc1nccs1)NCCOc1ccc(F)cc1F.I. The van der Waals surface area contributed by atoms with Crippen molar-refractivity contribution in [2.75, 3.05) is 32.5 Å². The van der Waals surface area contributed by atoms with Gasteiger partial charge in [0, 0.05) is 37.0 Å². The number of nitrogens with one attached hydrogen (secondary N) is 2. The lowest BCUT2D eigenvalue weighted by atomic mass is 10.3. The number of benzene rings is 1. The molecule has 0 radical (unpaired) electrons. The van der Waals surface area contributed by atoms with Gasteiger partial charge in [-0.2, -0.15) is 0 Å². The van der Waals surface area contributed by atoms with Gasteiger partial charge in [-0.1, -0.05) is 11.8 Å². The molecule has 144 valence electrons. The van der Waals surface area contributed by atoms with E-state index < -0.39 is 11.6 Å². The molecule has 0 amide bonds. The van der Waals surface area contributed by atoms with E-state index in [-0.39, 0.29) is 36.3 Å². The first kappa shape index (κ1) is 22.9. The minimum absolute atomic E-state index is 0. The zero-order valence-corrected chi connectivity index (χ0v) is 18.2. The Morgan fingerprint density at radius 3 is 2.81 bits per heavy atom. The lowest BCUT2D eigenvalue weighted by Gasteiger charge is -2.12. The van der Waals surface area contributed by atoms with Gasteiger partial charge in [-0.05, 0) is 18.6 Å². The molecule has 0 saturated carbocycles. The summed E-state index contributed by atoms with van der Waals surface area (Å²) in [7, 11) is 1.68. The van der Waals surface area contributed by atoms with Gasteiger partial charge in [0.15, 0.2) is 17.5 Å². The van der Waals surface area contributed by atoms with Crippen molar-refractivity contribution in [3.63, 3.8) is 0 Å². The van der Waals surface area contributed by atoms with Crippen LogP contribution in [0.5, 0.6) is 5.75 Å². The summed E-state index contributed by atoms with van der Waals surface area (Å²) < 4.78 is 32.6. The van der Waals surface area contributed by atoms with Gasteiger partial charge in [-0.15, -0.1) is 35.3 Å². The Labute approximate surface area is 177 Å². The summed E-state index contributed by atoms with van der Waals surface area (Å²) in [5.74, 6) is 0.332. The van der Waals surface area contributed by atoms with E-state index in [1.807, 2.05) is 5.38 Å². The van der Waals surface area contributed by atoms with Crippen LogP contribution >= 0.6 is 47.1 Å². The molecule has 2 rings (SSSR count). The molecule has 26 heavy (non-hydrogen) atoms. The smallest absolute Gasteiger partial charge is 0.191 e. The molecule has 2 aromatic rings. The van der Waals surface area contributed by atoms with Crippen molar-refractivity contribution >= 4 is 53.0 Å². The molecule has 1 aromatic carbocycles. The molecule has 0 bridgehead atoms. The molecule has 0 aliphatic carbocycles. The van der Waals surface area contributed by atoms with Crippen molar-refractivity contribution < 1.29 is 13.5 Å². The molecule has 1 heterocycles. The standard InChI is InChI=1S/C16H20F2N4OS2.HI/c1-19-15(20-5-2-9-24-16-22-7-10-25-16)21-6-8-23-14-4-3-12(17)11-13(14)18;/h3-4,7,10-11H,2,5-6,8-9H2,1H3,(H2,19,20,21);1H. The third kappa shape index (κ3) is 8.49. The molecule has 0 atom stereocenters. The van der Waals surface area contributed by atoms with Crippen LogP contribution in [0.15, 0.2) is 39.1 Å². The molecular formula is C16H21F2IN4OS2. The number of hydrogen-bond acceptors (Lipinski definition) is 5. The molecule has 0 fully saturated rings. The van der Waals surface area contributed by atoms with Crippen LogP contribution in [0.4, 0.5) is 8.78 Å². The van der Waals surface area contributed by atoms with Gasteiger partial charge in [0.1, 0.15) is 16.8 Å².